The molecule has 1 unspecified atom stereocenters. The molecule has 6 nitrogen and oxygen atoms in total. The molecule has 0 aromatic rings. The van der Waals surface area contributed by atoms with Crippen LogP contribution in [-0.4, -0.2) is 47.4 Å². The van der Waals surface area contributed by atoms with E-state index in [2.05, 4.69) is 5.32 Å². The van der Waals surface area contributed by atoms with Crippen molar-refractivity contribution in [3.8, 4) is 0 Å². The number of carboxylic acid groups (broad SMARTS) is 1. The van der Waals surface area contributed by atoms with E-state index in [0.717, 1.165) is 18.6 Å². The van der Waals surface area contributed by atoms with Gasteiger partial charge in [-0.25, -0.2) is 4.79 Å². The molecule has 2 amide bonds. The van der Waals surface area contributed by atoms with Crippen molar-refractivity contribution in [2.45, 2.75) is 18.9 Å². The van der Waals surface area contributed by atoms with Crippen molar-refractivity contribution in [3.63, 3.8) is 0 Å². The van der Waals surface area contributed by atoms with Gasteiger partial charge < -0.3 is 15.3 Å². The lowest BCUT2D eigenvalue weighted by Crippen LogP contribution is -2.44. The van der Waals surface area contributed by atoms with E-state index in [1.54, 1.807) is 0 Å². The van der Waals surface area contributed by atoms with E-state index < -0.39 is 17.9 Å². The molecular formula is C10H14N2O4. The van der Waals surface area contributed by atoms with Crippen molar-refractivity contribution in [2.75, 3.05) is 13.6 Å². The molecule has 0 aromatic heterocycles. The number of hydrogen-bond donors (Lipinski definition) is 2. The summed E-state index contributed by atoms with van der Waals surface area (Å²) >= 11 is 0. The van der Waals surface area contributed by atoms with Crippen molar-refractivity contribution < 1.29 is 19.5 Å². The molecule has 1 aliphatic heterocycles. The summed E-state index contributed by atoms with van der Waals surface area (Å²) < 4.78 is 0. The molecule has 1 aliphatic rings. The zero-order valence-corrected chi connectivity index (χ0v) is 8.97. The molecule has 6 heteroatoms. The highest BCUT2D eigenvalue weighted by Gasteiger charge is 2.32. The van der Waals surface area contributed by atoms with Gasteiger partial charge in [-0.05, 0) is 12.8 Å². The highest BCUT2D eigenvalue weighted by Crippen LogP contribution is 2.17. The molecule has 1 heterocycles. The number of amides is 2. The molecule has 1 rings (SSSR count). The molecule has 0 radical (unpaired) electrons. The van der Waals surface area contributed by atoms with Crippen LogP contribution in [0.1, 0.15) is 12.8 Å². The van der Waals surface area contributed by atoms with Gasteiger partial charge in [0.15, 0.2) is 0 Å². The Morgan fingerprint density at radius 1 is 1.38 bits per heavy atom. The molecule has 0 saturated carbocycles. The summed E-state index contributed by atoms with van der Waals surface area (Å²) in [6.07, 6.45) is 3.13. The van der Waals surface area contributed by atoms with Gasteiger partial charge in [0.05, 0.1) is 0 Å². The third-order valence-electron chi connectivity index (χ3n) is 2.45. The molecule has 1 saturated heterocycles. The van der Waals surface area contributed by atoms with Gasteiger partial charge in [-0.1, -0.05) is 0 Å². The molecule has 1 fully saturated rings. The van der Waals surface area contributed by atoms with Gasteiger partial charge in [-0.2, -0.15) is 0 Å². The van der Waals surface area contributed by atoms with E-state index in [9.17, 15) is 14.4 Å². The molecular weight excluding hydrogens is 212 g/mol. The van der Waals surface area contributed by atoms with Crippen LogP contribution in [-0.2, 0) is 14.4 Å². The minimum Gasteiger partial charge on any atom is -0.478 e. The first-order valence-electron chi connectivity index (χ1n) is 4.99. The van der Waals surface area contributed by atoms with Gasteiger partial charge in [0.1, 0.15) is 6.04 Å². The van der Waals surface area contributed by atoms with Gasteiger partial charge in [0.2, 0.25) is 11.8 Å². The first-order valence-corrected chi connectivity index (χ1v) is 4.99. The van der Waals surface area contributed by atoms with Gasteiger partial charge in [0.25, 0.3) is 0 Å². The second-order valence-corrected chi connectivity index (χ2v) is 3.48. The number of hydrogen-bond acceptors (Lipinski definition) is 3. The van der Waals surface area contributed by atoms with Gasteiger partial charge in [-0.3, -0.25) is 9.59 Å². The predicted octanol–water partition coefficient (Wildman–Crippen LogP) is -0.636. The number of carbonyl (C=O) groups excluding carboxylic acids is 2. The van der Waals surface area contributed by atoms with Gasteiger partial charge in [-0.15, -0.1) is 0 Å². The van der Waals surface area contributed by atoms with Crippen LogP contribution in [0.2, 0.25) is 0 Å². The lowest BCUT2D eigenvalue weighted by atomic mass is 10.2. The summed E-state index contributed by atoms with van der Waals surface area (Å²) in [5.74, 6) is -1.83. The zero-order valence-electron chi connectivity index (χ0n) is 8.97. The Kier molecular flexibility index (Phi) is 4.04. The van der Waals surface area contributed by atoms with Crippen molar-refractivity contribution in [2.24, 2.45) is 0 Å². The van der Waals surface area contributed by atoms with Crippen LogP contribution >= 0.6 is 0 Å². The monoisotopic (exact) mass is 226 g/mol. The molecule has 1 atom stereocenters. The molecule has 0 aromatic carbocycles. The van der Waals surface area contributed by atoms with Crippen LogP contribution in [0.15, 0.2) is 12.2 Å². The standard InChI is InChI=1S/C10H14N2O4/c1-11-10(16)7-3-2-6-12(7)8(13)4-5-9(14)15/h4-5,7H,2-3,6H2,1H3,(H,11,16)(H,14,15). The Labute approximate surface area is 92.9 Å². The maximum absolute atomic E-state index is 11.6. The summed E-state index contributed by atoms with van der Waals surface area (Å²) in [6, 6.07) is -0.476. The van der Waals surface area contributed by atoms with E-state index in [1.807, 2.05) is 0 Å². The summed E-state index contributed by atoms with van der Waals surface area (Å²) in [5.41, 5.74) is 0. The number of likely N-dealkylation sites (N-methyl/N-ethyl adjacent to an activating group) is 1. The number of aliphatic carboxylic acids is 1. The average molecular weight is 226 g/mol. The van der Waals surface area contributed by atoms with Crippen LogP contribution < -0.4 is 5.32 Å². The number of carbonyl (C=O) groups is 3. The van der Waals surface area contributed by atoms with E-state index in [0.29, 0.717) is 13.0 Å². The summed E-state index contributed by atoms with van der Waals surface area (Å²) in [6.45, 7) is 0.487. The number of rotatable bonds is 3. The Hall–Kier alpha value is -1.85. The lowest BCUT2D eigenvalue weighted by Gasteiger charge is -2.21. The van der Waals surface area contributed by atoms with E-state index >= 15 is 0 Å². The fraction of sp³-hybridized carbons (Fsp3) is 0.500. The second-order valence-electron chi connectivity index (χ2n) is 3.48. The molecule has 0 aliphatic carbocycles. The van der Waals surface area contributed by atoms with Gasteiger partial charge >= 0.3 is 5.97 Å². The topological polar surface area (TPSA) is 86.7 Å². The fourth-order valence-corrected chi connectivity index (χ4v) is 1.71. The molecule has 88 valence electrons. The smallest absolute Gasteiger partial charge is 0.328 e. The highest BCUT2D eigenvalue weighted by atomic mass is 16.4. The van der Waals surface area contributed by atoms with E-state index in [-0.39, 0.29) is 5.91 Å². The largest absolute Gasteiger partial charge is 0.478 e. The molecule has 2 N–H and O–H groups in total. The first kappa shape index (κ1) is 12.2. The van der Waals surface area contributed by atoms with Crippen LogP contribution in [0.3, 0.4) is 0 Å². The van der Waals surface area contributed by atoms with Crippen LogP contribution in [0, 0.1) is 0 Å². The number of nitrogens with zero attached hydrogens (tertiary/aromatic N) is 1. The average Bonchev–Trinajstić information content (AvgIpc) is 2.73. The molecule has 0 bridgehead atoms. The van der Waals surface area contributed by atoms with Crippen molar-refractivity contribution in [3.05, 3.63) is 12.2 Å². The Morgan fingerprint density at radius 2 is 2.06 bits per heavy atom. The van der Waals surface area contributed by atoms with Crippen LogP contribution in [0.5, 0.6) is 0 Å². The summed E-state index contributed by atoms with van der Waals surface area (Å²) in [7, 11) is 1.51. The minimum atomic E-state index is -1.18. The number of nitrogens with one attached hydrogen (secondary N) is 1. The zero-order chi connectivity index (χ0) is 12.1. The molecule has 0 spiro atoms. The number of likely N-dealkylation sites (tertiary alicyclic amines) is 1. The summed E-state index contributed by atoms with van der Waals surface area (Å²) in [4.78, 5) is 34.6. The first-order chi connectivity index (χ1) is 7.56. The predicted molar refractivity (Wildman–Crippen MR) is 55.6 cm³/mol. The second kappa shape index (κ2) is 5.29. The number of carboxylic acids is 1. The Bertz CT molecular complexity index is 338. The lowest BCUT2D eigenvalue weighted by molar-refractivity contribution is -0.135. The third-order valence-corrected chi connectivity index (χ3v) is 2.45. The van der Waals surface area contributed by atoms with Gasteiger partial charge in [0, 0.05) is 25.7 Å². The van der Waals surface area contributed by atoms with Crippen LogP contribution in [0.25, 0.3) is 0 Å². The third kappa shape index (κ3) is 2.82. The quantitative estimate of drug-likeness (QED) is 0.627. The molecule has 16 heavy (non-hydrogen) atoms. The Morgan fingerprint density at radius 3 is 2.62 bits per heavy atom. The highest BCUT2D eigenvalue weighted by molar-refractivity contribution is 5.96. The van der Waals surface area contributed by atoms with Crippen molar-refractivity contribution in [1.29, 1.82) is 0 Å². The maximum Gasteiger partial charge on any atom is 0.328 e. The minimum absolute atomic E-state index is 0.213. The Balaban J connectivity index is 2.68. The SMILES string of the molecule is CNC(=O)C1CCCN1C(=O)C=CC(=O)O. The van der Waals surface area contributed by atoms with Crippen molar-refractivity contribution >= 4 is 17.8 Å². The van der Waals surface area contributed by atoms with Crippen LogP contribution in [0.4, 0.5) is 0 Å². The fourth-order valence-electron chi connectivity index (χ4n) is 1.71. The van der Waals surface area contributed by atoms with E-state index in [1.165, 1.54) is 11.9 Å². The maximum atomic E-state index is 11.6. The van der Waals surface area contributed by atoms with E-state index in [4.69, 9.17) is 5.11 Å². The summed E-state index contributed by atoms with van der Waals surface area (Å²) in [5, 5.41) is 10.9. The van der Waals surface area contributed by atoms with Crippen molar-refractivity contribution in [1.82, 2.24) is 10.2 Å². The normalized spacial score (nSPS) is 20.1.